The zero-order valence-electron chi connectivity index (χ0n) is 6.55. The van der Waals surface area contributed by atoms with Crippen LogP contribution in [0.25, 0.3) is 0 Å². The second kappa shape index (κ2) is 3.94. The van der Waals surface area contributed by atoms with Gasteiger partial charge < -0.3 is 9.84 Å². The fourth-order valence-corrected chi connectivity index (χ4v) is 1.48. The molecule has 1 aliphatic carbocycles. The van der Waals surface area contributed by atoms with Gasteiger partial charge in [-0.2, -0.15) is 0 Å². The first kappa shape index (κ1) is 8.02. The molecule has 60 valence electrons. The largest absolute Gasteiger partial charge is 0.393 e. The van der Waals surface area contributed by atoms with Crippen molar-refractivity contribution in [3.8, 4) is 0 Å². The lowest BCUT2D eigenvalue weighted by Crippen LogP contribution is -2.07. The van der Waals surface area contributed by atoms with Crippen LogP contribution in [0.4, 0.5) is 0 Å². The van der Waals surface area contributed by atoms with E-state index in [1.807, 2.05) is 6.92 Å². The van der Waals surface area contributed by atoms with Crippen LogP contribution in [-0.4, -0.2) is 24.4 Å². The van der Waals surface area contributed by atoms with Crippen molar-refractivity contribution in [2.45, 2.75) is 32.3 Å². The Bertz CT molecular complexity index is 93.3. The molecule has 1 N–H and O–H groups in total. The summed E-state index contributed by atoms with van der Waals surface area (Å²) in [5.41, 5.74) is 0. The van der Waals surface area contributed by atoms with Gasteiger partial charge in [-0.15, -0.1) is 0 Å². The fraction of sp³-hybridized carbons (Fsp3) is 1.00. The highest BCUT2D eigenvalue weighted by molar-refractivity contribution is 4.73. The summed E-state index contributed by atoms with van der Waals surface area (Å²) in [6, 6.07) is 0. The molecule has 0 aromatic rings. The van der Waals surface area contributed by atoms with Crippen LogP contribution in [0.1, 0.15) is 26.2 Å². The summed E-state index contributed by atoms with van der Waals surface area (Å²) in [5.74, 6) is 0.620. The lowest BCUT2D eigenvalue weighted by Gasteiger charge is -2.07. The molecule has 0 amide bonds. The van der Waals surface area contributed by atoms with Gasteiger partial charge in [0.25, 0.3) is 0 Å². The van der Waals surface area contributed by atoms with Crippen molar-refractivity contribution >= 4 is 0 Å². The summed E-state index contributed by atoms with van der Waals surface area (Å²) < 4.78 is 5.25. The lowest BCUT2D eigenvalue weighted by atomic mass is 10.1. The molecule has 0 radical (unpaired) electrons. The van der Waals surface area contributed by atoms with Crippen molar-refractivity contribution in [2.24, 2.45) is 5.92 Å². The molecular weight excluding hydrogens is 128 g/mol. The van der Waals surface area contributed by atoms with Crippen molar-refractivity contribution in [1.82, 2.24) is 0 Å². The van der Waals surface area contributed by atoms with Gasteiger partial charge in [-0.25, -0.2) is 0 Å². The number of aliphatic hydroxyl groups is 1. The number of rotatable bonds is 3. The molecule has 0 saturated heterocycles. The maximum atomic E-state index is 9.14. The van der Waals surface area contributed by atoms with Gasteiger partial charge in [0.15, 0.2) is 0 Å². The Hall–Kier alpha value is -0.0800. The van der Waals surface area contributed by atoms with Crippen molar-refractivity contribution < 1.29 is 9.84 Å². The molecule has 10 heavy (non-hydrogen) atoms. The molecule has 1 rings (SSSR count). The lowest BCUT2D eigenvalue weighted by molar-refractivity contribution is 0.103. The van der Waals surface area contributed by atoms with Crippen LogP contribution < -0.4 is 0 Å². The predicted molar refractivity (Wildman–Crippen MR) is 39.8 cm³/mol. The number of hydrogen-bond acceptors (Lipinski definition) is 2. The van der Waals surface area contributed by atoms with Crippen LogP contribution >= 0.6 is 0 Å². The van der Waals surface area contributed by atoms with E-state index in [4.69, 9.17) is 9.84 Å². The molecule has 0 aromatic heterocycles. The number of aliphatic hydroxyl groups excluding tert-OH is 1. The van der Waals surface area contributed by atoms with Crippen LogP contribution in [0.5, 0.6) is 0 Å². The molecule has 2 atom stereocenters. The van der Waals surface area contributed by atoms with Gasteiger partial charge >= 0.3 is 0 Å². The highest BCUT2D eigenvalue weighted by atomic mass is 16.5. The van der Waals surface area contributed by atoms with E-state index in [-0.39, 0.29) is 6.10 Å². The Morgan fingerprint density at radius 1 is 1.50 bits per heavy atom. The van der Waals surface area contributed by atoms with Gasteiger partial charge in [0, 0.05) is 13.2 Å². The summed E-state index contributed by atoms with van der Waals surface area (Å²) in [6.07, 6.45) is 3.00. The third-order valence-electron chi connectivity index (χ3n) is 2.07. The summed E-state index contributed by atoms with van der Waals surface area (Å²) in [7, 11) is 0. The molecule has 2 nitrogen and oxygen atoms in total. The standard InChI is InChI=1S/C8H16O2/c1-2-10-6-7-3-4-8(9)5-7/h7-9H,2-6H2,1H3. The number of hydrogen-bond donors (Lipinski definition) is 1. The van der Waals surface area contributed by atoms with E-state index >= 15 is 0 Å². The topological polar surface area (TPSA) is 29.5 Å². The Balaban J connectivity index is 2.06. The van der Waals surface area contributed by atoms with Gasteiger partial charge in [0.05, 0.1) is 6.10 Å². The zero-order chi connectivity index (χ0) is 7.40. The van der Waals surface area contributed by atoms with Crippen LogP contribution in [-0.2, 0) is 4.74 Å². The molecule has 0 aliphatic heterocycles. The van der Waals surface area contributed by atoms with Crippen molar-refractivity contribution in [2.75, 3.05) is 13.2 Å². The van der Waals surface area contributed by atoms with Crippen LogP contribution in [0.2, 0.25) is 0 Å². The normalized spacial score (nSPS) is 33.0. The maximum Gasteiger partial charge on any atom is 0.0543 e. The Labute approximate surface area is 62.2 Å². The Morgan fingerprint density at radius 3 is 2.80 bits per heavy atom. The molecule has 0 spiro atoms. The minimum absolute atomic E-state index is 0.0505. The van der Waals surface area contributed by atoms with E-state index < -0.39 is 0 Å². The molecule has 0 bridgehead atoms. The Morgan fingerprint density at radius 2 is 2.30 bits per heavy atom. The van der Waals surface area contributed by atoms with Gasteiger partial charge in [0.1, 0.15) is 0 Å². The third-order valence-corrected chi connectivity index (χ3v) is 2.07. The van der Waals surface area contributed by atoms with Crippen molar-refractivity contribution in [3.05, 3.63) is 0 Å². The molecule has 2 heteroatoms. The number of ether oxygens (including phenoxy) is 1. The SMILES string of the molecule is CCOCC1CCC(O)C1. The molecule has 1 fully saturated rings. The second-order valence-corrected chi connectivity index (χ2v) is 2.99. The first-order valence-corrected chi connectivity index (χ1v) is 4.08. The van der Waals surface area contributed by atoms with E-state index in [1.165, 1.54) is 0 Å². The van der Waals surface area contributed by atoms with Crippen LogP contribution in [0.15, 0.2) is 0 Å². The smallest absolute Gasteiger partial charge is 0.0543 e. The molecule has 0 heterocycles. The molecule has 2 unspecified atom stereocenters. The van der Waals surface area contributed by atoms with Crippen molar-refractivity contribution in [3.63, 3.8) is 0 Å². The zero-order valence-corrected chi connectivity index (χ0v) is 6.55. The van der Waals surface area contributed by atoms with Crippen LogP contribution in [0.3, 0.4) is 0 Å². The average Bonchev–Trinajstić information content (AvgIpc) is 2.31. The second-order valence-electron chi connectivity index (χ2n) is 2.99. The summed E-state index contributed by atoms with van der Waals surface area (Å²) in [4.78, 5) is 0. The predicted octanol–water partition coefficient (Wildman–Crippen LogP) is 1.18. The fourth-order valence-electron chi connectivity index (χ4n) is 1.48. The van der Waals surface area contributed by atoms with E-state index in [1.54, 1.807) is 0 Å². The van der Waals surface area contributed by atoms with E-state index in [0.29, 0.717) is 5.92 Å². The highest BCUT2D eigenvalue weighted by Gasteiger charge is 2.22. The Kier molecular flexibility index (Phi) is 3.16. The summed E-state index contributed by atoms with van der Waals surface area (Å²) in [6.45, 7) is 3.64. The van der Waals surface area contributed by atoms with Crippen molar-refractivity contribution in [1.29, 1.82) is 0 Å². The summed E-state index contributed by atoms with van der Waals surface area (Å²) >= 11 is 0. The monoisotopic (exact) mass is 144 g/mol. The minimum atomic E-state index is -0.0505. The van der Waals surface area contributed by atoms with Gasteiger partial charge in [-0.3, -0.25) is 0 Å². The summed E-state index contributed by atoms with van der Waals surface area (Å²) in [5, 5.41) is 9.14. The first-order chi connectivity index (χ1) is 4.83. The van der Waals surface area contributed by atoms with Gasteiger partial charge in [-0.05, 0) is 32.1 Å². The highest BCUT2D eigenvalue weighted by Crippen LogP contribution is 2.25. The molecular formula is C8H16O2. The van der Waals surface area contributed by atoms with Gasteiger partial charge in [-0.1, -0.05) is 0 Å². The molecule has 1 aliphatic rings. The minimum Gasteiger partial charge on any atom is -0.393 e. The quantitative estimate of drug-likeness (QED) is 0.644. The van der Waals surface area contributed by atoms with Gasteiger partial charge in [0.2, 0.25) is 0 Å². The average molecular weight is 144 g/mol. The van der Waals surface area contributed by atoms with E-state index in [0.717, 1.165) is 32.5 Å². The maximum absolute atomic E-state index is 9.14. The third kappa shape index (κ3) is 2.27. The van der Waals surface area contributed by atoms with E-state index in [9.17, 15) is 0 Å². The van der Waals surface area contributed by atoms with E-state index in [2.05, 4.69) is 0 Å². The molecule has 0 aromatic carbocycles. The van der Waals surface area contributed by atoms with Crippen LogP contribution in [0, 0.1) is 5.92 Å². The first-order valence-electron chi connectivity index (χ1n) is 4.08. The molecule has 1 saturated carbocycles.